The Bertz CT molecular complexity index is 616. The van der Waals surface area contributed by atoms with Crippen LogP contribution in [0.15, 0.2) is 21.5 Å². The van der Waals surface area contributed by atoms with E-state index in [1.807, 2.05) is 0 Å². The molecule has 0 spiro atoms. The van der Waals surface area contributed by atoms with Gasteiger partial charge in [0.15, 0.2) is 5.41 Å². The minimum atomic E-state index is -1.80. The highest BCUT2D eigenvalue weighted by atomic mass is 28.3. The van der Waals surface area contributed by atoms with Crippen LogP contribution in [0.25, 0.3) is 0 Å². The van der Waals surface area contributed by atoms with Crippen molar-refractivity contribution < 1.29 is 19.1 Å². The van der Waals surface area contributed by atoms with Gasteiger partial charge in [0, 0.05) is 0 Å². The first-order valence-electron chi connectivity index (χ1n) is 9.22. The van der Waals surface area contributed by atoms with Crippen molar-refractivity contribution in [1.82, 2.24) is 0 Å². The third-order valence-electron chi connectivity index (χ3n) is 6.56. The quantitative estimate of drug-likeness (QED) is 0.419. The number of esters is 2. The zero-order chi connectivity index (χ0) is 19.2. The highest BCUT2D eigenvalue weighted by molar-refractivity contribution is 6.94. The van der Waals surface area contributed by atoms with E-state index < -0.39 is 25.4 Å². The molecule has 0 aromatic rings. The first-order valence-corrected chi connectivity index (χ1v) is 11.7. The molecule has 0 atom stereocenters. The molecule has 25 heavy (non-hydrogen) atoms. The lowest BCUT2D eigenvalue weighted by molar-refractivity contribution is -0.171. The van der Waals surface area contributed by atoms with Gasteiger partial charge in [-0.1, -0.05) is 37.7 Å². The molecule has 5 heteroatoms. The highest BCUT2D eigenvalue weighted by Gasteiger charge is 2.59. The van der Waals surface area contributed by atoms with Crippen LogP contribution in [0.2, 0.25) is 11.6 Å². The summed E-state index contributed by atoms with van der Waals surface area (Å²) in [6.45, 7) is 17.8. The van der Waals surface area contributed by atoms with E-state index >= 15 is 0 Å². The molecule has 1 heterocycles. The van der Waals surface area contributed by atoms with Crippen molar-refractivity contribution >= 4 is 20.0 Å². The highest BCUT2D eigenvalue weighted by Crippen LogP contribution is 2.59. The van der Waals surface area contributed by atoms with Gasteiger partial charge < -0.3 is 9.47 Å². The summed E-state index contributed by atoms with van der Waals surface area (Å²) in [5.41, 5.74) is 1.22. The minimum Gasteiger partial charge on any atom is -0.465 e. The van der Waals surface area contributed by atoms with E-state index in [1.54, 1.807) is 13.8 Å². The second-order valence-electron chi connectivity index (χ2n) is 8.46. The van der Waals surface area contributed by atoms with E-state index in [2.05, 4.69) is 41.2 Å². The number of hydrogen-bond donors (Lipinski definition) is 0. The zero-order valence-electron chi connectivity index (χ0n) is 17.0. The zero-order valence-corrected chi connectivity index (χ0v) is 18.0. The SMILES string of the molecule is CCOC(=O)C1(C(=O)OCC)CC2=C(C)[Si](C)(C(C)(C)C)C(C)=C2C1. The number of fused-ring (bicyclic) bond motifs is 1. The molecule has 1 saturated carbocycles. The van der Waals surface area contributed by atoms with E-state index in [-0.39, 0.29) is 18.3 Å². The van der Waals surface area contributed by atoms with Crippen LogP contribution in [0.5, 0.6) is 0 Å². The summed E-state index contributed by atoms with van der Waals surface area (Å²) in [5.74, 6) is -0.884. The number of rotatable bonds is 4. The number of hydrogen-bond acceptors (Lipinski definition) is 4. The van der Waals surface area contributed by atoms with Gasteiger partial charge in [-0.3, -0.25) is 9.59 Å². The van der Waals surface area contributed by atoms with Crippen molar-refractivity contribution in [2.75, 3.05) is 13.2 Å². The summed E-state index contributed by atoms with van der Waals surface area (Å²) in [6, 6.07) is 0. The molecule has 2 aliphatic rings. The van der Waals surface area contributed by atoms with Gasteiger partial charge in [0.1, 0.15) is 8.07 Å². The van der Waals surface area contributed by atoms with Crippen LogP contribution in [-0.2, 0) is 19.1 Å². The van der Waals surface area contributed by atoms with Gasteiger partial charge in [-0.2, -0.15) is 0 Å². The van der Waals surface area contributed by atoms with Crippen molar-refractivity contribution in [3.63, 3.8) is 0 Å². The number of allylic oxidation sites excluding steroid dienone is 4. The molecule has 0 aromatic heterocycles. The van der Waals surface area contributed by atoms with Crippen molar-refractivity contribution in [1.29, 1.82) is 0 Å². The fourth-order valence-electron chi connectivity index (χ4n) is 4.52. The molecule has 0 radical (unpaired) electrons. The van der Waals surface area contributed by atoms with Gasteiger partial charge in [0.05, 0.1) is 13.2 Å². The Hall–Kier alpha value is -1.36. The van der Waals surface area contributed by atoms with Crippen LogP contribution in [0.3, 0.4) is 0 Å². The van der Waals surface area contributed by atoms with Crippen molar-refractivity contribution in [2.45, 2.75) is 72.9 Å². The lowest BCUT2D eigenvalue weighted by Gasteiger charge is -2.41. The van der Waals surface area contributed by atoms with E-state index in [0.29, 0.717) is 12.8 Å². The predicted octanol–water partition coefficient (Wildman–Crippen LogP) is 4.50. The Labute approximate surface area is 152 Å². The van der Waals surface area contributed by atoms with Gasteiger partial charge in [-0.05, 0) is 56.7 Å². The largest absolute Gasteiger partial charge is 0.465 e. The molecule has 1 aliphatic carbocycles. The smallest absolute Gasteiger partial charge is 0.324 e. The minimum absolute atomic E-state index is 0.196. The molecule has 0 unspecified atom stereocenters. The first kappa shape index (κ1) is 20.0. The summed E-state index contributed by atoms with van der Waals surface area (Å²) in [5, 5.41) is 3.01. The van der Waals surface area contributed by atoms with Crippen molar-refractivity contribution in [3.05, 3.63) is 21.5 Å². The van der Waals surface area contributed by atoms with E-state index in [4.69, 9.17) is 9.47 Å². The maximum Gasteiger partial charge on any atom is 0.324 e. The molecule has 0 bridgehead atoms. The van der Waals surface area contributed by atoms with E-state index in [0.717, 1.165) is 0 Å². The van der Waals surface area contributed by atoms with Crippen LogP contribution < -0.4 is 0 Å². The summed E-state index contributed by atoms with van der Waals surface area (Å²) >= 11 is 0. The molecule has 2 rings (SSSR count). The molecule has 1 fully saturated rings. The number of carbonyl (C=O) groups is 2. The second-order valence-corrected chi connectivity index (χ2v) is 13.7. The lowest BCUT2D eigenvalue weighted by Crippen LogP contribution is -2.44. The monoisotopic (exact) mass is 364 g/mol. The van der Waals surface area contributed by atoms with Crippen LogP contribution in [0.4, 0.5) is 0 Å². The summed E-state index contributed by atoms with van der Waals surface area (Å²) < 4.78 is 10.6. The molecule has 0 saturated heterocycles. The Morgan fingerprint density at radius 1 is 0.960 bits per heavy atom. The summed E-state index contributed by atoms with van der Waals surface area (Å²) in [7, 11) is -1.80. The molecule has 0 aromatic carbocycles. The molecular formula is C20H32O4Si. The molecule has 1 aliphatic heterocycles. The molecule has 0 N–H and O–H groups in total. The average Bonchev–Trinajstić information content (AvgIpc) is 3.00. The lowest BCUT2D eigenvalue weighted by atomic mass is 9.85. The Kier molecular flexibility index (Phi) is 5.12. The Morgan fingerprint density at radius 3 is 1.60 bits per heavy atom. The van der Waals surface area contributed by atoms with Crippen LogP contribution in [0.1, 0.15) is 61.3 Å². The van der Waals surface area contributed by atoms with Crippen molar-refractivity contribution in [3.8, 4) is 0 Å². The van der Waals surface area contributed by atoms with Crippen LogP contribution in [0, 0.1) is 5.41 Å². The number of ether oxygens (including phenoxy) is 2. The average molecular weight is 365 g/mol. The molecular weight excluding hydrogens is 332 g/mol. The summed E-state index contributed by atoms with van der Waals surface area (Å²) in [6.07, 6.45) is 0.837. The third kappa shape index (κ3) is 2.71. The molecule has 4 nitrogen and oxygen atoms in total. The topological polar surface area (TPSA) is 52.6 Å². The fourth-order valence-corrected chi connectivity index (χ4v) is 9.02. The Morgan fingerprint density at radius 2 is 1.32 bits per heavy atom. The van der Waals surface area contributed by atoms with E-state index in [1.165, 1.54) is 21.5 Å². The van der Waals surface area contributed by atoms with Crippen LogP contribution >= 0.6 is 0 Å². The normalized spacial score (nSPS) is 21.4. The van der Waals surface area contributed by atoms with Crippen molar-refractivity contribution in [2.24, 2.45) is 5.41 Å². The van der Waals surface area contributed by atoms with Gasteiger partial charge in [-0.25, -0.2) is 0 Å². The second kappa shape index (κ2) is 6.42. The molecule has 0 amide bonds. The van der Waals surface area contributed by atoms with E-state index in [9.17, 15) is 9.59 Å². The standard InChI is InChI=1S/C20H32O4Si/c1-9-23-17(21)20(18(22)24-10-2)11-15-13(3)25(8,19(5,6)7)14(4)16(15)12-20/h9-12H2,1-8H3. The predicted molar refractivity (Wildman–Crippen MR) is 102 cm³/mol. The first-order chi connectivity index (χ1) is 11.5. The number of carbonyl (C=O) groups excluding carboxylic acids is 2. The van der Waals surface area contributed by atoms with Crippen LogP contribution in [-0.4, -0.2) is 33.2 Å². The summed E-state index contributed by atoms with van der Waals surface area (Å²) in [4.78, 5) is 25.5. The maximum atomic E-state index is 12.7. The Balaban J connectivity index is 2.55. The third-order valence-corrected chi connectivity index (χ3v) is 13.2. The van der Waals surface area contributed by atoms with Gasteiger partial charge in [0.2, 0.25) is 0 Å². The van der Waals surface area contributed by atoms with Gasteiger partial charge >= 0.3 is 11.9 Å². The molecule has 140 valence electrons. The maximum absolute atomic E-state index is 12.7. The fraction of sp³-hybridized carbons (Fsp3) is 0.700. The van der Waals surface area contributed by atoms with Gasteiger partial charge in [-0.15, -0.1) is 0 Å². The van der Waals surface area contributed by atoms with Gasteiger partial charge in [0.25, 0.3) is 0 Å².